The van der Waals surface area contributed by atoms with Crippen molar-refractivity contribution in [1.82, 2.24) is 20.2 Å². The summed E-state index contributed by atoms with van der Waals surface area (Å²) in [6.07, 6.45) is 12.6. The number of hydrogen-bond acceptors (Lipinski definition) is 7. The molecule has 1 aromatic carbocycles. The third-order valence-electron chi connectivity index (χ3n) is 10.5. The summed E-state index contributed by atoms with van der Waals surface area (Å²) in [5.41, 5.74) is -0.226. The van der Waals surface area contributed by atoms with Gasteiger partial charge in [0.15, 0.2) is 5.82 Å². The molecule has 1 aromatic heterocycles. The summed E-state index contributed by atoms with van der Waals surface area (Å²) in [6.45, 7) is 0.607. The van der Waals surface area contributed by atoms with Crippen LogP contribution >= 0.6 is 0 Å². The number of hydrogen-bond donors (Lipinski definition) is 2. The van der Waals surface area contributed by atoms with E-state index in [9.17, 15) is 9.59 Å². The van der Waals surface area contributed by atoms with Gasteiger partial charge in [0.25, 0.3) is 5.91 Å². The van der Waals surface area contributed by atoms with Crippen molar-refractivity contribution in [2.24, 2.45) is 5.41 Å². The molecule has 0 radical (unpaired) electrons. The van der Waals surface area contributed by atoms with Crippen LogP contribution in [0.15, 0.2) is 18.3 Å². The van der Waals surface area contributed by atoms with Gasteiger partial charge in [0.1, 0.15) is 17.3 Å². The van der Waals surface area contributed by atoms with Gasteiger partial charge >= 0.3 is 0 Å². The fourth-order valence-electron chi connectivity index (χ4n) is 7.78. The number of nitrogens with one attached hydrogen (secondary N) is 2. The molecule has 2 aliphatic carbocycles. The SMILES string of the molecule is CN1C(=O)C2(CC2)CN(C2CCCC2)c2nc(Nc3cc(F)c(C(=O)N[C@@H]4C[C@H]5CCC[C@@H](C4)N5C)cc3F)ncc21. The monoisotopic (exact) mass is 579 g/mol. The number of fused-ring (bicyclic) bond motifs is 3. The Labute approximate surface area is 245 Å². The highest BCUT2D eigenvalue weighted by Crippen LogP contribution is 2.52. The van der Waals surface area contributed by atoms with Gasteiger partial charge in [-0.15, -0.1) is 0 Å². The Morgan fingerprint density at radius 3 is 2.36 bits per heavy atom. The molecule has 2 amide bonds. The average molecular weight is 580 g/mol. The zero-order valence-corrected chi connectivity index (χ0v) is 24.3. The van der Waals surface area contributed by atoms with E-state index in [4.69, 9.17) is 4.98 Å². The van der Waals surface area contributed by atoms with E-state index in [2.05, 4.69) is 32.5 Å². The summed E-state index contributed by atoms with van der Waals surface area (Å²) in [7, 11) is 3.89. The first-order chi connectivity index (χ1) is 20.2. The molecule has 7 rings (SSSR count). The molecule has 4 heterocycles. The van der Waals surface area contributed by atoms with Crippen molar-refractivity contribution in [3.05, 3.63) is 35.5 Å². The molecule has 42 heavy (non-hydrogen) atoms. The Kier molecular flexibility index (Phi) is 6.83. The topological polar surface area (TPSA) is 93.7 Å². The highest BCUT2D eigenvalue weighted by molar-refractivity contribution is 6.02. The molecule has 3 aliphatic heterocycles. The number of amides is 2. The second-order valence-corrected chi connectivity index (χ2v) is 13.1. The summed E-state index contributed by atoms with van der Waals surface area (Å²) in [5, 5.41) is 5.79. The van der Waals surface area contributed by atoms with E-state index in [1.807, 2.05) is 0 Å². The molecule has 2 saturated heterocycles. The van der Waals surface area contributed by atoms with Gasteiger partial charge in [0.2, 0.25) is 11.9 Å². The molecule has 2 aromatic rings. The van der Waals surface area contributed by atoms with Crippen LogP contribution in [0.3, 0.4) is 0 Å². The molecule has 3 atom stereocenters. The van der Waals surface area contributed by atoms with Crippen molar-refractivity contribution in [2.45, 2.75) is 94.8 Å². The van der Waals surface area contributed by atoms with Crippen LogP contribution in [0.4, 0.5) is 31.9 Å². The summed E-state index contributed by atoms with van der Waals surface area (Å²) in [6, 6.07) is 2.98. The number of anilines is 4. The zero-order chi connectivity index (χ0) is 29.2. The number of aromatic nitrogens is 2. The molecule has 9 nitrogen and oxygen atoms in total. The first kappa shape index (κ1) is 27.5. The molecule has 4 fully saturated rings. The van der Waals surface area contributed by atoms with Crippen molar-refractivity contribution in [3.8, 4) is 0 Å². The number of rotatable bonds is 5. The van der Waals surface area contributed by atoms with Gasteiger partial charge in [-0.05, 0) is 64.5 Å². The lowest BCUT2D eigenvalue weighted by Gasteiger charge is -2.47. The van der Waals surface area contributed by atoms with E-state index < -0.39 is 17.5 Å². The number of benzene rings is 1. The van der Waals surface area contributed by atoms with Gasteiger partial charge in [-0.1, -0.05) is 19.3 Å². The van der Waals surface area contributed by atoms with Crippen LogP contribution in [0.25, 0.3) is 0 Å². The molecule has 224 valence electrons. The molecule has 11 heteroatoms. The molecular weight excluding hydrogens is 540 g/mol. The van der Waals surface area contributed by atoms with Crippen LogP contribution in [0, 0.1) is 17.0 Å². The zero-order valence-electron chi connectivity index (χ0n) is 24.3. The minimum absolute atomic E-state index is 0.0557. The van der Waals surface area contributed by atoms with Crippen LogP contribution in [-0.4, -0.2) is 71.5 Å². The van der Waals surface area contributed by atoms with Gasteiger partial charge < -0.3 is 25.3 Å². The third kappa shape index (κ3) is 4.79. The third-order valence-corrected chi connectivity index (χ3v) is 10.5. The number of piperidine rings is 2. The Hall–Kier alpha value is -3.34. The molecule has 0 unspecified atom stereocenters. The molecule has 1 spiro atoms. The van der Waals surface area contributed by atoms with Crippen molar-refractivity contribution in [2.75, 3.05) is 35.8 Å². The smallest absolute Gasteiger partial charge is 0.254 e. The van der Waals surface area contributed by atoms with Crippen molar-refractivity contribution in [3.63, 3.8) is 0 Å². The van der Waals surface area contributed by atoms with E-state index in [1.54, 1.807) is 18.1 Å². The lowest BCUT2D eigenvalue weighted by Crippen LogP contribution is -2.55. The summed E-state index contributed by atoms with van der Waals surface area (Å²) >= 11 is 0. The Morgan fingerprint density at radius 1 is 0.976 bits per heavy atom. The van der Waals surface area contributed by atoms with Crippen molar-refractivity contribution >= 4 is 35.0 Å². The van der Waals surface area contributed by atoms with E-state index in [-0.39, 0.29) is 40.6 Å². The highest BCUT2D eigenvalue weighted by atomic mass is 19.1. The Morgan fingerprint density at radius 2 is 1.67 bits per heavy atom. The van der Waals surface area contributed by atoms with Crippen LogP contribution in [0.2, 0.25) is 0 Å². The number of halogens is 2. The Bertz CT molecular complexity index is 1400. The lowest BCUT2D eigenvalue weighted by molar-refractivity contribution is -0.122. The summed E-state index contributed by atoms with van der Waals surface area (Å²) < 4.78 is 30.6. The maximum absolute atomic E-state index is 15.3. The van der Waals surface area contributed by atoms with E-state index in [1.165, 1.54) is 6.42 Å². The standard InChI is InChI=1S/C31H39F2N7O2/c1-38-20-8-5-9-21(38)13-18(12-20)35-28(41)22-14-24(33)25(15-23(22)32)36-30-34-16-26-27(37-30)40(19-6-3-4-7-19)17-31(10-11-31)29(42)39(26)2/h14-16,18-21H,3-13,17H2,1-2H3,(H,35,41)(H,34,36,37)/t18-,20-,21+. The van der Waals surface area contributed by atoms with Crippen molar-refractivity contribution in [1.29, 1.82) is 0 Å². The minimum Gasteiger partial charge on any atom is -0.351 e. The van der Waals surface area contributed by atoms with Gasteiger partial charge in [-0.3, -0.25) is 9.59 Å². The average Bonchev–Trinajstić information content (AvgIpc) is 3.56. The maximum Gasteiger partial charge on any atom is 0.254 e. The van der Waals surface area contributed by atoms with E-state index in [0.717, 1.165) is 76.3 Å². The lowest BCUT2D eigenvalue weighted by atomic mass is 9.82. The molecule has 2 bridgehead atoms. The van der Waals surface area contributed by atoms with Crippen molar-refractivity contribution < 1.29 is 18.4 Å². The van der Waals surface area contributed by atoms with Gasteiger partial charge in [-0.25, -0.2) is 13.8 Å². The minimum atomic E-state index is -0.812. The number of nitrogens with zero attached hydrogens (tertiary/aromatic N) is 5. The summed E-state index contributed by atoms with van der Waals surface area (Å²) in [5.74, 6) is -1.35. The molecule has 2 N–H and O–H groups in total. The summed E-state index contributed by atoms with van der Waals surface area (Å²) in [4.78, 5) is 41.7. The van der Waals surface area contributed by atoms with Gasteiger partial charge in [-0.2, -0.15) is 4.98 Å². The first-order valence-corrected chi connectivity index (χ1v) is 15.4. The largest absolute Gasteiger partial charge is 0.351 e. The normalized spacial score (nSPS) is 27.1. The fraction of sp³-hybridized carbons (Fsp3) is 0.613. The van der Waals surface area contributed by atoms with Gasteiger partial charge in [0, 0.05) is 43.8 Å². The van der Waals surface area contributed by atoms with Crippen LogP contribution in [0.1, 0.15) is 81.0 Å². The molecule has 5 aliphatic rings. The number of carbonyl (C=O) groups excluding carboxylic acids is 2. The predicted octanol–water partition coefficient (Wildman–Crippen LogP) is 4.75. The van der Waals surface area contributed by atoms with Crippen LogP contribution in [-0.2, 0) is 4.79 Å². The predicted molar refractivity (Wildman–Crippen MR) is 156 cm³/mol. The molecular formula is C31H39F2N7O2. The first-order valence-electron chi connectivity index (χ1n) is 15.4. The van der Waals surface area contributed by atoms with Crippen LogP contribution in [0.5, 0.6) is 0 Å². The molecule has 2 saturated carbocycles. The maximum atomic E-state index is 15.3. The highest BCUT2D eigenvalue weighted by Gasteiger charge is 2.55. The second-order valence-electron chi connectivity index (χ2n) is 13.1. The number of carbonyl (C=O) groups is 2. The van der Waals surface area contributed by atoms with Crippen LogP contribution < -0.4 is 20.4 Å². The quantitative estimate of drug-likeness (QED) is 0.528. The second kappa shape index (κ2) is 10.4. The van der Waals surface area contributed by atoms with E-state index in [0.29, 0.717) is 30.1 Å². The fourth-order valence-corrected chi connectivity index (χ4v) is 7.78. The van der Waals surface area contributed by atoms with E-state index >= 15 is 8.78 Å². The van der Waals surface area contributed by atoms with Gasteiger partial charge in [0.05, 0.1) is 22.9 Å². The Balaban J connectivity index is 1.11.